The minimum absolute atomic E-state index is 0.0201. The first-order valence-corrected chi connectivity index (χ1v) is 11.6. The maximum absolute atomic E-state index is 12.9. The van der Waals surface area contributed by atoms with E-state index in [1.54, 1.807) is 24.0 Å². The largest absolute Gasteiger partial charge is 0.484 e. The Morgan fingerprint density at radius 1 is 1.14 bits per heavy atom. The number of fused-ring (bicyclic) bond motifs is 1. The summed E-state index contributed by atoms with van der Waals surface area (Å²) in [6, 6.07) is 13.7. The van der Waals surface area contributed by atoms with Gasteiger partial charge in [0.05, 0.1) is 6.61 Å². The zero-order chi connectivity index (χ0) is 24.9. The number of halogens is 1. The molecule has 1 aromatic heterocycles. The van der Waals surface area contributed by atoms with Crippen LogP contribution in [-0.4, -0.2) is 67.3 Å². The Kier molecular flexibility index (Phi) is 7.57. The Hall–Kier alpha value is -3.56. The Balaban J connectivity index is 1.31. The maximum Gasteiger partial charge on any atom is 0.355 e. The first-order chi connectivity index (χ1) is 16.9. The Morgan fingerprint density at radius 2 is 1.86 bits per heavy atom. The molecule has 1 atom stereocenters. The molecule has 0 aliphatic carbocycles. The predicted octanol–water partition coefficient (Wildman–Crippen LogP) is 1.96. The van der Waals surface area contributed by atoms with E-state index in [4.69, 9.17) is 20.8 Å². The summed E-state index contributed by atoms with van der Waals surface area (Å²) in [4.78, 5) is 40.9. The topological polar surface area (TPSA) is 112 Å². The molecule has 0 unspecified atom stereocenters. The van der Waals surface area contributed by atoms with Gasteiger partial charge in [-0.15, -0.1) is 0 Å². The molecule has 4 rings (SSSR count). The highest BCUT2D eigenvalue weighted by Crippen LogP contribution is 2.26. The molecular weight excluding hydrogens is 474 g/mol. The van der Waals surface area contributed by atoms with Crippen molar-refractivity contribution in [1.82, 2.24) is 10.2 Å². The van der Waals surface area contributed by atoms with E-state index < -0.39 is 24.2 Å². The number of hydrogen-bond donors (Lipinski definition) is 2. The molecule has 2 aromatic carbocycles. The zero-order valence-corrected chi connectivity index (χ0v) is 20.0. The van der Waals surface area contributed by atoms with Gasteiger partial charge < -0.3 is 29.4 Å². The SMILES string of the molecule is Cc1c(Cl)c(=O)oc2cc(OCC(=O)N[C@@H](CO)C(=O)N3CCN(c4ccccc4)CC3)ccc12. The molecule has 3 aromatic rings. The molecule has 0 radical (unpaired) electrons. The van der Waals surface area contributed by atoms with E-state index in [0.29, 0.717) is 42.9 Å². The first-order valence-electron chi connectivity index (χ1n) is 11.2. The van der Waals surface area contributed by atoms with Crippen molar-refractivity contribution in [1.29, 1.82) is 0 Å². The summed E-state index contributed by atoms with van der Waals surface area (Å²) >= 11 is 5.93. The average molecular weight is 500 g/mol. The normalized spacial score (nSPS) is 14.6. The van der Waals surface area contributed by atoms with Crippen molar-refractivity contribution in [3.8, 4) is 5.75 Å². The van der Waals surface area contributed by atoms with Gasteiger partial charge in [-0.2, -0.15) is 0 Å². The first kappa shape index (κ1) is 24.6. The van der Waals surface area contributed by atoms with Crippen molar-refractivity contribution in [2.24, 2.45) is 0 Å². The van der Waals surface area contributed by atoms with Gasteiger partial charge in [0, 0.05) is 43.3 Å². The fraction of sp³-hybridized carbons (Fsp3) is 0.320. The summed E-state index contributed by atoms with van der Waals surface area (Å²) in [5, 5.41) is 12.9. The fourth-order valence-corrected chi connectivity index (χ4v) is 4.16. The number of benzene rings is 2. The number of ether oxygens (including phenoxy) is 1. The van der Waals surface area contributed by atoms with E-state index in [1.807, 2.05) is 30.3 Å². The standard InChI is InChI=1S/C25H26ClN3O6/c1-16-19-8-7-18(13-21(19)35-25(33)23(16)26)34-15-22(31)27-20(14-30)24(32)29-11-9-28(10-12-29)17-5-3-2-4-6-17/h2-8,13,20,30H,9-12,14-15H2,1H3,(H,27,31)/t20-/m0/s1. The number of aliphatic hydroxyl groups is 1. The smallest absolute Gasteiger partial charge is 0.355 e. The van der Waals surface area contributed by atoms with Gasteiger partial charge in [0.15, 0.2) is 6.61 Å². The van der Waals surface area contributed by atoms with Crippen LogP contribution in [0.4, 0.5) is 5.69 Å². The molecule has 2 heterocycles. The van der Waals surface area contributed by atoms with E-state index in [-0.39, 0.29) is 23.1 Å². The summed E-state index contributed by atoms with van der Waals surface area (Å²) in [6.07, 6.45) is 0. The number of nitrogens with zero attached hydrogens (tertiary/aromatic N) is 2. The quantitative estimate of drug-likeness (QED) is 0.478. The average Bonchev–Trinajstić information content (AvgIpc) is 2.89. The minimum Gasteiger partial charge on any atom is -0.484 e. The van der Waals surface area contributed by atoms with Crippen molar-refractivity contribution >= 4 is 40.1 Å². The molecule has 1 aliphatic heterocycles. The summed E-state index contributed by atoms with van der Waals surface area (Å²) in [5.74, 6) is -0.594. The van der Waals surface area contributed by atoms with Crippen molar-refractivity contribution in [3.63, 3.8) is 0 Å². The lowest BCUT2D eigenvalue weighted by atomic mass is 10.1. The zero-order valence-electron chi connectivity index (χ0n) is 19.2. The lowest BCUT2D eigenvalue weighted by molar-refractivity contribution is -0.138. The van der Waals surface area contributed by atoms with Crippen LogP contribution in [0, 0.1) is 6.92 Å². The number of anilines is 1. The van der Waals surface area contributed by atoms with Crippen LogP contribution in [0.5, 0.6) is 5.75 Å². The number of para-hydroxylation sites is 1. The van der Waals surface area contributed by atoms with Gasteiger partial charge in [-0.3, -0.25) is 9.59 Å². The molecule has 2 amide bonds. The van der Waals surface area contributed by atoms with Gasteiger partial charge in [-0.05, 0) is 36.8 Å². The number of aliphatic hydroxyl groups excluding tert-OH is 1. The van der Waals surface area contributed by atoms with E-state index in [2.05, 4.69) is 10.2 Å². The second-order valence-corrected chi connectivity index (χ2v) is 8.60. The molecule has 184 valence electrons. The molecule has 10 heteroatoms. The summed E-state index contributed by atoms with van der Waals surface area (Å²) in [7, 11) is 0. The van der Waals surface area contributed by atoms with Gasteiger partial charge in [-0.25, -0.2) is 4.79 Å². The second kappa shape index (κ2) is 10.8. The number of nitrogens with one attached hydrogen (secondary N) is 1. The Morgan fingerprint density at radius 3 is 2.54 bits per heavy atom. The van der Waals surface area contributed by atoms with Gasteiger partial charge in [-0.1, -0.05) is 29.8 Å². The van der Waals surface area contributed by atoms with Crippen molar-refractivity contribution < 1.29 is 23.8 Å². The Labute approximate surface area is 206 Å². The van der Waals surface area contributed by atoms with Gasteiger partial charge in [0.25, 0.3) is 5.91 Å². The third kappa shape index (κ3) is 5.58. The van der Waals surface area contributed by atoms with Crippen LogP contribution in [-0.2, 0) is 9.59 Å². The van der Waals surface area contributed by atoms with E-state index in [9.17, 15) is 19.5 Å². The molecule has 1 fully saturated rings. The number of hydrogen-bond acceptors (Lipinski definition) is 7. The van der Waals surface area contributed by atoms with Gasteiger partial charge in [0.2, 0.25) is 5.91 Å². The number of rotatable bonds is 7. The number of piperazine rings is 1. The third-order valence-corrected chi connectivity index (χ3v) is 6.40. The van der Waals surface area contributed by atoms with Crippen LogP contribution < -0.4 is 20.6 Å². The van der Waals surface area contributed by atoms with Gasteiger partial charge >= 0.3 is 5.63 Å². The maximum atomic E-state index is 12.9. The second-order valence-electron chi connectivity index (χ2n) is 8.23. The molecule has 1 aliphatic rings. The number of carbonyl (C=O) groups is 2. The Bertz CT molecular complexity index is 1270. The highest BCUT2D eigenvalue weighted by Gasteiger charge is 2.28. The molecule has 2 N–H and O–H groups in total. The molecule has 35 heavy (non-hydrogen) atoms. The van der Waals surface area contributed by atoms with Crippen LogP contribution in [0.25, 0.3) is 11.0 Å². The number of aryl methyl sites for hydroxylation is 1. The fourth-order valence-electron chi connectivity index (χ4n) is 4.02. The van der Waals surface area contributed by atoms with Crippen LogP contribution in [0.15, 0.2) is 57.7 Å². The lowest BCUT2D eigenvalue weighted by Crippen LogP contribution is -2.56. The van der Waals surface area contributed by atoms with E-state index >= 15 is 0 Å². The summed E-state index contributed by atoms with van der Waals surface area (Å²) < 4.78 is 10.7. The molecule has 0 bridgehead atoms. The molecule has 1 saturated heterocycles. The highest BCUT2D eigenvalue weighted by molar-refractivity contribution is 6.31. The van der Waals surface area contributed by atoms with E-state index in [1.165, 1.54) is 6.07 Å². The summed E-state index contributed by atoms with van der Waals surface area (Å²) in [5.41, 5.74) is 1.32. The van der Waals surface area contributed by atoms with Gasteiger partial charge in [0.1, 0.15) is 22.4 Å². The third-order valence-electron chi connectivity index (χ3n) is 5.97. The number of amides is 2. The van der Waals surface area contributed by atoms with Crippen LogP contribution in [0.2, 0.25) is 5.02 Å². The molecule has 0 saturated carbocycles. The monoisotopic (exact) mass is 499 g/mol. The predicted molar refractivity (Wildman–Crippen MR) is 132 cm³/mol. The van der Waals surface area contributed by atoms with Crippen molar-refractivity contribution in [3.05, 3.63) is 69.5 Å². The molecule has 9 nitrogen and oxygen atoms in total. The number of carbonyl (C=O) groups excluding carboxylic acids is 2. The van der Waals surface area contributed by atoms with Crippen LogP contribution in [0.1, 0.15) is 5.56 Å². The highest BCUT2D eigenvalue weighted by atomic mass is 35.5. The van der Waals surface area contributed by atoms with Crippen molar-refractivity contribution in [2.45, 2.75) is 13.0 Å². The molecular formula is C25H26ClN3O6. The lowest BCUT2D eigenvalue weighted by Gasteiger charge is -2.37. The minimum atomic E-state index is -1.06. The van der Waals surface area contributed by atoms with Crippen LogP contribution >= 0.6 is 11.6 Å². The van der Waals surface area contributed by atoms with E-state index in [0.717, 1.165) is 5.69 Å². The summed E-state index contributed by atoms with van der Waals surface area (Å²) in [6.45, 7) is 3.10. The molecule has 0 spiro atoms. The van der Waals surface area contributed by atoms with Crippen LogP contribution in [0.3, 0.4) is 0 Å². The van der Waals surface area contributed by atoms with Crippen molar-refractivity contribution in [2.75, 3.05) is 44.3 Å².